The van der Waals surface area contributed by atoms with Crippen LogP contribution in [0.4, 0.5) is 0 Å². The summed E-state index contributed by atoms with van der Waals surface area (Å²) < 4.78 is 9.61. The van der Waals surface area contributed by atoms with Crippen molar-refractivity contribution in [1.82, 2.24) is 0 Å². The van der Waals surface area contributed by atoms with Crippen LogP contribution in [0.2, 0.25) is 0 Å². The van der Waals surface area contributed by atoms with Crippen LogP contribution in [0.15, 0.2) is 0 Å². The van der Waals surface area contributed by atoms with E-state index in [1.165, 1.54) is 14.2 Å². The van der Waals surface area contributed by atoms with Crippen LogP contribution in [-0.4, -0.2) is 37.8 Å². The van der Waals surface area contributed by atoms with Crippen LogP contribution >= 0.6 is 0 Å². The van der Waals surface area contributed by atoms with Crippen LogP contribution in [0.1, 0.15) is 6.92 Å². The smallest absolute Gasteiger partial charge is 0.186 e. The molecule has 0 aromatic heterocycles. The van der Waals surface area contributed by atoms with E-state index in [1.807, 2.05) is 0 Å². The molecular weight excluding hydrogens is 134 g/mol. The first kappa shape index (κ1) is 9.84. The van der Waals surface area contributed by atoms with Crippen molar-refractivity contribution < 1.29 is 14.6 Å². The Balaban J connectivity index is 3.97. The molecule has 0 radical (unpaired) electrons. The van der Waals surface area contributed by atoms with Crippen molar-refractivity contribution in [2.45, 2.75) is 18.8 Å². The van der Waals surface area contributed by atoms with Gasteiger partial charge < -0.3 is 20.3 Å². The second kappa shape index (κ2) is 3.88. The Bertz CT molecular complexity index is 91.0. The lowest BCUT2D eigenvalue weighted by Gasteiger charge is -2.28. The van der Waals surface area contributed by atoms with Crippen LogP contribution in [0.5, 0.6) is 0 Å². The summed E-state index contributed by atoms with van der Waals surface area (Å²) in [6.45, 7) is 1.67. The molecular formula is C6H15NO3. The van der Waals surface area contributed by atoms with Gasteiger partial charge in [0.15, 0.2) is 6.29 Å². The number of methoxy groups -OCH3 is 2. The molecule has 0 amide bonds. The molecule has 0 rings (SSSR count). The molecule has 0 saturated heterocycles. The molecule has 62 valence electrons. The Morgan fingerprint density at radius 1 is 1.50 bits per heavy atom. The van der Waals surface area contributed by atoms with Crippen LogP contribution in [0.25, 0.3) is 0 Å². The fraction of sp³-hybridized carbons (Fsp3) is 1.00. The molecule has 0 heterocycles. The predicted octanol–water partition coefficient (Wildman–Crippen LogP) is -0.685. The fourth-order valence-electron chi connectivity index (χ4n) is 0.700. The van der Waals surface area contributed by atoms with Crippen molar-refractivity contribution in [3.63, 3.8) is 0 Å². The molecule has 3 N–H and O–H groups in total. The highest BCUT2D eigenvalue weighted by molar-refractivity contribution is 4.77. The van der Waals surface area contributed by atoms with Gasteiger partial charge in [-0.2, -0.15) is 0 Å². The molecule has 0 spiro atoms. The highest BCUT2D eigenvalue weighted by Crippen LogP contribution is 2.10. The summed E-state index contributed by atoms with van der Waals surface area (Å²) in [4.78, 5) is 0. The predicted molar refractivity (Wildman–Crippen MR) is 37.5 cm³/mol. The van der Waals surface area contributed by atoms with Gasteiger partial charge in [-0.25, -0.2) is 0 Å². The van der Waals surface area contributed by atoms with Crippen molar-refractivity contribution in [3.05, 3.63) is 0 Å². The van der Waals surface area contributed by atoms with E-state index in [1.54, 1.807) is 6.92 Å². The van der Waals surface area contributed by atoms with E-state index in [0.29, 0.717) is 0 Å². The minimum Gasteiger partial charge on any atom is -0.384 e. The molecule has 0 fully saturated rings. The number of hydrogen-bond donors (Lipinski definition) is 2. The number of aliphatic hydroxyl groups is 1. The molecule has 0 bridgehead atoms. The van der Waals surface area contributed by atoms with Crippen molar-refractivity contribution in [2.24, 2.45) is 5.73 Å². The zero-order valence-corrected chi connectivity index (χ0v) is 6.63. The van der Waals surface area contributed by atoms with E-state index < -0.39 is 11.9 Å². The third kappa shape index (κ3) is 2.22. The lowest BCUT2D eigenvalue weighted by Crippen LogP contribution is -2.47. The second-order valence-corrected chi connectivity index (χ2v) is 2.36. The number of ether oxygens (including phenoxy) is 2. The highest BCUT2D eigenvalue weighted by Gasteiger charge is 2.30. The standard InChI is InChI=1S/C6H15NO3/c1-6(8,4-7)5(9-2)10-3/h5,8H,4,7H2,1-3H3. The van der Waals surface area contributed by atoms with E-state index in [2.05, 4.69) is 0 Å². The number of rotatable bonds is 4. The average Bonchev–Trinajstić information content (AvgIpc) is 1.90. The normalized spacial score (nSPS) is 17.4. The van der Waals surface area contributed by atoms with Gasteiger partial charge in [-0.3, -0.25) is 0 Å². The first-order valence-electron chi connectivity index (χ1n) is 3.06. The van der Waals surface area contributed by atoms with Crippen LogP contribution < -0.4 is 5.73 Å². The van der Waals surface area contributed by atoms with Crippen molar-refractivity contribution in [1.29, 1.82) is 0 Å². The summed E-state index contributed by atoms with van der Waals surface area (Å²) in [5.41, 5.74) is 4.14. The van der Waals surface area contributed by atoms with Crippen LogP contribution in [-0.2, 0) is 9.47 Å². The zero-order chi connectivity index (χ0) is 8.20. The van der Waals surface area contributed by atoms with Crippen LogP contribution in [0, 0.1) is 0 Å². The molecule has 1 atom stereocenters. The molecule has 0 aliphatic heterocycles. The third-order valence-electron chi connectivity index (χ3n) is 1.35. The van der Waals surface area contributed by atoms with Gasteiger partial charge in [-0.05, 0) is 6.92 Å². The molecule has 4 nitrogen and oxygen atoms in total. The van der Waals surface area contributed by atoms with Gasteiger partial charge in [-0.1, -0.05) is 0 Å². The minimum atomic E-state index is -1.11. The Morgan fingerprint density at radius 3 is 2.00 bits per heavy atom. The Hall–Kier alpha value is -0.160. The van der Waals surface area contributed by atoms with Crippen LogP contribution in [0.3, 0.4) is 0 Å². The molecule has 0 aliphatic carbocycles. The number of nitrogens with two attached hydrogens (primary N) is 1. The largest absolute Gasteiger partial charge is 0.384 e. The van der Waals surface area contributed by atoms with Gasteiger partial charge >= 0.3 is 0 Å². The Morgan fingerprint density at radius 2 is 1.90 bits per heavy atom. The molecule has 1 unspecified atom stereocenters. The van der Waals surface area contributed by atoms with Gasteiger partial charge in [0.05, 0.1) is 0 Å². The quantitative estimate of drug-likeness (QED) is 0.519. The topological polar surface area (TPSA) is 64.7 Å². The summed E-state index contributed by atoms with van der Waals surface area (Å²) in [7, 11) is 2.91. The monoisotopic (exact) mass is 149 g/mol. The van der Waals surface area contributed by atoms with E-state index >= 15 is 0 Å². The van der Waals surface area contributed by atoms with E-state index in [-0.39, 0.29) is 6.54 Å². The molecule has 10 heavy (non-hydrogen) atoms. The molecule has 0 aliphatic rings. The second-order valence-electron chi connectivity index (χ2n) is 2.36. The summed E-state index contributed by atoms with van der Waals surface area (Å²) in [6, 6.07) is 0. The first-order valence-corrected chi connectivity index (χ1v) is 3.06. The SMILES string of the molecule is COC(OC)C(C)(O)CN. The highest BCUT2D eigenvalue weighted by atomic mass is 16.7. The molecule has 4 heteroatoms. The van der Waals surface area contributed by atoms with Gasteiger partial charge in [0.1, 0.15) is 5.60 Å². The van der Waals surface area contributed by atoms with Gasteiger partial charge in [0.25, 0.3) is 0 Å². The fourth-order valence-corrected chi connectivity index (χ4v) is 0.700. The zero-order valence-electron chi connectivity index (χ0n) is 6.63. The van der Waals surface area contributed by atoms with E-state index in [0.717, 1.165) is 0 Å². The summed E-state index contributed by atoms with van der Waals surface area (Å²) in [5.74, 6) is 0. The van der Waals surface area contributed by atoms with Crippen molar-refractivity contribution in [2.75, 3.05) is 20.8 Å². The summed E-state index contributed by atoms with van der Waals surface area (Å²) in [6.07, 6.45) is -0.655. The molecule has 0 saturated carbocycles. The third-order valence-corrected chi connectivity index (χ3v) is 1.35. The van der Waals surface area contributed by atoms with Crippen molar-refractivity contribution >= 4 is 0 Å². The lowest BCUT2D eigenvalue weighted by molar-refractivity contribution is -0.203. The van der Waals surface area contributed by atoms with E-state index in [4.69, 9.17) is 15.2 Å². The minimum absolute atomic E-state index is 0.110. The lowest BCUT2D eigenvalue weighted by atomic mass is 10.1. The number of hydrogen-bond acceptors (Lipinski definition) is 4. The van der Waals surface area contributed by atoms with Gasteiger partial charge in [0, 0.05) is 20.8 Å². The summed E-state index contributed by atoms with van der Waals surface area (Å²) >= 11 is 0. The average molecular weight is 149 g/mol. The maximum Gasteiger partial charge on any atom is 0.186 e. The Labute approximate surface area is 60.9 Å². The molecule has 0 aromatic carbocycles. The molecule has 0 aromatic rings. The maximum absolute atomic E-state index is 9.41. The Kier molecular flexibility index (Phi) is 3.81. The van der Waals surface area contributed by atoms with Crippen molar-refractivity contribution in [3.8, 4) is 0 Å². The van der Waals surface area contributed by atoms with Gasteiger partial charge in [0.2, 0.25) is 0 Å². The summed E-state index contributed by atoms with van der Waals surface area (Å²) in [5, 5.41) is 9.41. The van der Waals surface area contributed by atoms with E-state index in [9.17, 15) is 5.11 Å². The van der Waals surface area contributed by atoms with Gasteiger partial charge in [-0.15, -0.1) is 0 Å². The maximum atomic E-state index is 9.41. The first-order chi connectivity index (χ1) is 4.58.